The second kappa shape index (κ2) is 4.28. The van der Waals surface area contributed by atoms with Crippen molar-refractivity contribution in [3.8, 4) is 0 Å². The number of halogens is 1. The summed E-state index contributed by atoms with van der Waals surface area (Å²) >= 11 is 5.81. The maximum atomic E-state index is 11.7. The minimum Gasteiger partial charge on any atom is -0.434 e. The summed E-state index contributed by atoms with van der Waals surface area (Å²) in [5.74, 6) is 0.580. The first-order valence-corrected chi connectivity index (χ1v) is 4.86. The molecule has 0 saturated heterocycles. The third kappa shape index (κ3) is 2.01. The minimum absolute atomic E-state index is 0.129. The number of carbonyl (C=O) groups is 1. The minimum atomic E-state index is -0.396. The van der Waals surface area contributed by atoms with E-state index >= 15 is 0 Å². The van der Waals surface area contributed by atoms with E-state index in [1.54, 1.807) is 13.1 Å². The van der Waals surface area contributed by atoms with Crippen molar-refractivity contribution in [1.82, 2.24) is 10.2 Å². The van der Waals surface area contributed by atoms with Crippen LogP contribution in [0.5, 0.6) is 0 Å². The number of hydrogen-bond donors (Lipinski definition) is 3. The molecule has 6 nitrogen and oxygen atoms in total. The number of anilines is 2. The zero-order valence-corrected chi connectivity index (χ0v) is 9.13. The van der Waals surface area contributed by atoms with Crippen LogP contribution < -0.4 is 10.6 Å². The van der Waals surface area contributed by atoms with E-state index in [1.165, 1.54) is 12.3 Å². The molecule has 0 aliphatic carbocycles. The molecule has 2 heterocycles. The molecule has 0 atom stereocenters. The van der Waals surface area contributed by atoms with Gasteiger partial charge in [-0.05, 0) is 0 Å². The van der Waals surface area contributed by atoms with Crippen molar-refractivity contribution in [2.24, 2.45) is 0 Å². The molecule has 0 spiro atoms. The Labute approximate surface area is 96.0 Å². The predicted molar refractivity (Wildman–Crippen MR) is 59.8 cm³/mol. The Morgan fingerprint density at radius 2 is 2.44 bits per heavy atom. The van der Waals surface area contributed by atoms with Gasteiger partial charge in [-0.1, -0.05) is 11.6 Å². The number of amides is 1. The fraction of sp³-hybridized carbons (Fsp3) is 0.111. The summed E-state index contributed by atoms with van der Waals surface area (Å²) in [5.41, 5.74) is 0. The van der Waals surface area contributed by atoms with Gasteiger partial charge in [0.05, 0.1) is 6.20 Å². The quantitative estimate of drug-likeness (QED) is 0.766. The zero-order valence-electron chi connectivity index (χ0n) is 8.37. The van der Waals surface area contributed by atoms with Gasteiger partial charge in [0.2, 0.25) is 5.88 Å². The standard InChI is InChI=1S/C9H9ClN4O2/c1-11-9-5(10)4-6(16-9)8(15)13-7-2-3-12-14-7/h2-4,11H,1H3,(H2,12,13,14,15). The maximum Gasteiger partial charge on any atom is 0.292 e. The number of rotatable bonds is 3. The van der Waals surface area contributed by atoms with Gasteiger partial charge in [-0.15, -0.1) is 0 Å². The second-order valence-electron chi connectivity index (χ2n) is 2.96. The van der Waals surface area contributed by atoms with Crippen molar-refractivity contribution in [2.45, 2.75) is 0 Å². The molecule has 84 valence electrons. The van der Waals surface area contributed by atoms with Gasteiger partial charge in [0.15, 0.2) is 5.76 Å². The number of nitrogens with one attached hydrogen (secondary N) is 3. The van der Waals surface area contributed by atoms with Crippen LogP contribution in [0.2, 0.25) is 5.02 Å². The predicted octanol–water partition coefficient (Wildman–Crippen LogP) is 1.95. The molecule has 0 saturated carbocycles. The SMILES string of the molecule is CNc1oc(C(=O)Nc2ccn[nH]2)cc1Cl. The molecule has 1 amide bonds. The van der Waals surface area contributed by atoms with E-state index in [0.717, 1.165) is 0 Å². The molecular weight excluding hydrogens is 232 g/mol. The van der Waals surface area contributed by atoms with Gasteiger partial charge in [0.25, 0.3) is 5.91 Å². The molecule has 16 heavy (non-hydrogen) atoms. The van der Waals surface area contributed by atoms with Crippen LogP contribution in [0.3, 0.4) is 0 Å². The molecule has 2 rings (SSSR count). The average molecular weight is 241 g/mol. The first-order valence-electron chi connectivity index (χ1n) is 4.48. The highest BCUT2D eigenvalue weighted by atomic mass is 35.5. The topological polar surface area (TPSA) is 82.9 Å². The highest BCUT2D eigenvalue weighted by Crippen LogP contribution is 2.25. The smallest absolute Gasteiger partial charge is 0.292 e. The van der Waals surface area contributed by atoms with Crippen molar-refractivity contribution in [1.29, 1.82) is 0 Å². The first-order chi connectivity index (χ1) is 7.70. The van der Waals surface area contributed by atoms with Crippen LogP contribution >= 0.6 is 11.6 Å². The lowest BCUT2D eigenvalue weighted by atomic mass is 10.4. The molecular formula is C9H9ClN4O2. The van der Waals surface area contributed by atoms with E-state index in [0.29, 0.717) is 16.7 Å². The number of aromatic nitrogens is 2. The fourth-order valence-corrected chi connectivity index (χ4v) is 1.39. The average Bonchev–Trinajstić information content (AvgIpc) is 2.87. The van der Waals surface area contributed by atoms with Crippen molar-refractivity contribution in [3.05, 3.63) is 29.1 Å². The summed E-state index contributed by atoms with van der Waals surface area (Å²) in [6.07, 6.45) is 1.53. The molecule has 0 bridgehead atoms. The number of carbonyl (C=O) groups excluding carboxylic acids is 1. The Morgan fingerprint density at radius 1 is 1.62 bits per heavy atom. The van der Waals surface area contributed by atoms with Gasteiger partial charge < -0.3 is 15.1 Å². The molecule has 0 aliphatic heterocycles. The number of H-pyrrole nitrogens is 1. The zero-order chi connectivity index (χ0) is 11.5. The van der Waals surface area contributed by atoms with E-state index < -0.39 is 5.91 Å². The first kappa shape index (κ1) is 10.6. The number of hydrogen-bond acceptors (Lipinski definition) is 4. The third-order valence-corrected chi connectivity index (χ3v) is 2.17. The lowest BCUT2D eigenvalue weighted by Crippen LogP contribution is -2.11. The molecule has 2 aromatic heterocycles. The van der Waals surface area contributed by atoms with Crippen LogP contribution in [0.4, 0.5) is 11.7 Å². The van der Waals surface area contributed by atoms with Crippen molar-refractivity contribution in [2.75, 3.05) is 17.7 Å². The van der Waals surface area contributed by atoms with E-state index in [2.05, 4.69) is 20.8 Å². The number of aromatic amines is 1. The van der Waals surface area contributed by atoms with Gasteiger partial charge in [-0.25, -0.2) is 0 Å². The van der Waals surface area contributed by atoms with Gasteiger partial charge in [0.1, 0.15) is 10.8 Å². The Balaban J connectivity index is 2.15. The van der Waals surface area contributed by atoms with E-state index in [1.807, 2.05) is 0 Å². The van der Waals surface area contributed by atoms with E-state index in [4.69, 9.17) is 16.0 Å². The van der Waals surface area contributed by atoms with Crippen LogP contribution in [-0.4, -0.2) is 23.2 Å². The van der Waals surface area contributed by atoms with E-state index in [9.17, 15) is 4.79 Å². The Morgan fingerprint density at radius 3 is 3.00 bits per heavy atom. The number of nitrogens with zero attached hydrogens (tertiary/aromatic N) is 1. The molecule has 3 N–H and O–H groups in total. The number of furan rings is 1. The molecule has 0 aromatic carbocycles. The summed E-state index contributed by atoms with van der Waals surface area (Å²) in [4.78, 5) is 11.7. The third-order valence-electron chi connectivity index (χ3n) is 1.89. The molecule has 7 heteroatoms. The van der Waals surface area contributed by atoms with Crippen molar-refractivity contribution in [3.63, 3.8) is 0 Å². The van der Waals surface area contributed by atoms with Crippen LogP contribution in [-0.2, 0) is 0 Å². The van der Waals surface area contributed by atoms with Crippen LogP contribution in [0.25, 0.3) is 0 Å². The second-order valence-corrected chi connectivity index (χ2v) is 3.37. The van der Waals surface area contributed by atoms with Crippen LogP contribution in [0.1, 0.15) is 10.6 Å². The van der Waals surface area contributed by atoms with Crippen molar-refractivity contribution < 1.29 is 9.21 Å². The van der Waals surface area contributed by atoms with Crippen LogP contribution in [0, 0.1) is 0 Å². The summed E-state index contributed by atoms with van der Waals surface area (Å²) < 4.78 is 5.18. The Kier molecular flexibility index (Phi) is 2.82. The summed E-state index contributed by atoms with van der Waals surface area (Å²) in [5, 5.41) is 12.0. The highest BCUT2D eigenvalue weighted by Gasteiger charge is 2.15. The van der Waals surface area contributed by atoms with Gasteiger partial charge in [-0.3, -0.25) is 9.89 Å². The highest BCUT2D eigenvalue weighted by molar-refractivity contribution is 6.33. The molecule has 0 aliphatic rings. The molecule has 0 fully saturated rings. The lowest BCUT2D eigenvalue weighted by molar-refractivity contribution is 0.0997. The maximum absolute atomic E-state index is 11.7. The summed E-state index contributed by atoms with van der Waals surface area (Å²) in [7, 11) is 1.65. The fourth-order valence-electron chi connectivity index (χ4n) is 1.16. The largest absolute Gasteiger partial charge is 0.434 e. The lowest BCUT2D eigenvalue weighted by Gasteiger charge is -1.98. The van der Waals surface area contributed by atoms with Crippen LogP contribution in [0.15, 0.2) is 22.7 Å². The summed E-state index contributed by atoms with van der Waals surface area (Å²) in [6, 6.07) is 3.07. The Hall–Kier alpha value is -1.95. The monoisotopic (exact) mass is 240 g/mol. The van der Waals surface area contributed by atoms with Gasteiger partial charge >= 0.3 is 0 Å². The molecule has 0 radical (unpaired) electrons. The summed E-state index contributed by atoms with van der Waals surface area (Å²) in [6.45, 7) is 0. The van der Waals surface area contributed by atoms with Gasteiger partial charge in [0, 0.05) is 19.2 Å². The molecule has 2 aromatic rings. The van der Waals surface area contributed by atoms with Crippen molar-refractivity contribution >= 4 is 29.2 Å². The molecule has 0 unspecified atom stereocenters. The van der Waals surface area contributed by atoms with Gasteiger partial charge in [-0.2, -0.15) is 5.10 Å². The normalized spacial score (nSPS) is 10.1. The van der Waals surface area contributed by atoms with E-state index in [-0.39, 0.29) is 5.76 Å². The Bertz CT molecular complexity index is 492.